The van der Waals surface area contributed by atoms with Crippen molar-refractivity contribution in [2.45, 2.75) is 12.3 Å². The minimum absolute atomic E-state index is 0.323. The molecular formula is C13H15BrN2O2. The Morgan fingerprint density at radius 1 is 1.44 bits per heavy atom. The van der Waals surface area contributed by atoms with Crippen molar-refractivity contribution >= 4 is 27.7 Å². The highest BCUT2D eigenvalue weighted by Gasteiger charge is 2.38. The molecule has 0 unspecified atom stereocenters. The van der Waals surface area contributed by atoms with Gasteiger partial charge in [0, 0.05) is 30.0 Å². The Kier molecular flexibility index (Phi) is 2.93. The summed E-state index contributed by atoms with van der Waals surface area (Å²) in [6.07, 6.45) is 0.225. The lowest BCUT2D eigenvalue weighted by molar-refractivity contribution is 0.153. The molecule has 2 heterocycles. The standard InChI is InChI=1S/C13H15BrN2O2/c14-11-3-1-2-9-10-7-16(13(17)18)6-8(10)4-5-15-12(9)11/h1-3,8,10,15H,4-7H2,(H,17,18)/t8-,10-/m1/s1. The van der Waals surface area contributed by atoms with Crippen molar-refractivity contribution in [2.75, 3.05) is 25.0 Å². The zero-order chi connectivity index (χ0) is 12.7. The summed E-state index contributed by atoms with van der Waals surface area (Å²) >= 11 is 3.57. The lowest BCUT2D eigenvalue weighted by atomic mass is 9.87. The van der Waals surface area contributed by atoms with E-state index in [0.717, 1.165) is 23.1 Å². The fourth-order valence-corrected chi connectivity index (χ4v) is 3.61. The molecule has 0 aliphatic carbocycles. The van der Waals surface area contributed by atoms with Gasteiger partial charge in [-0.2, -0.15) is 0 Å². The van der Waals surface area contributed by atoms with Gasteiger partial charge in [0.2, 0.25) is 0 Å². The van der Waals surface area contributed by atoms with Gasteiger partial charge in [-0.3, -0.25) is 0 Å². The number of likely N-dealkylation sites (tertiary alicyclic amines) is 1. The Morgan fingerprint density at radius 2 is 2.28 bits per heavy atom. The summed E-state index contributed by atoms with van der Waals surface area (Å²) in [4.78, 5) is 12.7. The summed E-state index contributed by atoms with van der Waals surface area (Å²) in [5, 5.41) is 12.6. The van der Waals surface area contributed by atoms with Gasteiger partial charge in [-0.05, 0) is 39.9 Å². The molecule has 5 heteroatoms. The number of nitrogens with zero attached hydrogens (tertiary/aromatic N) is 1. The Balaban J connectivity index is 1.99. The van der Waals surface area contributed by atoms with Crippen LogP contribution in [0.15, 0.2) is 22.7 Å². The average Bonchev–Trinajstić information content (AvgIpc) is 2.68. The molecule has 0 saturated carbocycles. The van der Waals surface area contributed by atoms with Crippen molar-refractivity contribution < 1.29 is 9.90 Å². The maximum Gasteiger partial charge on any atom is 0.407 e. The van der Waals surface area contributed by atoms with Crippen molar-refractivity contribution in [3.63, 3.8) is 0 Å². The molecule has 1 amide bonds. The van der Waals surface area contributed by atoms with Crippen LogP contribution in [0.25, 0.3) is 0 Å². The molecule has 1 aromatic carbocycles. The van der Waals surface area contributed by atoms with Crippen LogP contribution in [0, 0.1) is 5.92 Å². The van der Waals surface area contributed by atoms with Gasteiger partial charge in [-0.25, -0.2) is 4.79 Å². The zero-order valence-corrected chi connectivity index (χ0v) is 11.5. The number of rotatable bonds is 0. The largest absolute Gasteiger partial charge is 0.465 e. The van der Waals surface area contributed by atoms with Crippen LogP contribution in [-0.4, -0.2) is 35.7 Å². The number of halogens is 1. The van der Waals surface area contributed by atoms with Crippen molar-refractivity contribution in [1.82, 2.24) is 4.90 Å². The highest BCUT2D eigenvalue weighted by molar-refractivity contribution is 9.10. The Bertz CT molecular complexity index is 492. The van der Waals surface area contributed by atoms with Crippen LogP contribution in [0.2, 0.25) is 0 Å². The first-order chi connectivity index (χ1) is 8.66. The molecule has 0 aromatic heterocycles. The van der Waals surface area contributed by atoms with Crippen LogP contribution in [0.1, 0.15) is 17.9 Å². The molecule has 4 nitrogen and oxygen atoms in total. The van der Waals surface area contributed by atoms with Gasteiger partial charge in [0.1, 0.15) is 0 Å². The monoisotopic (exact) mass is 310 g/mol. The molecule has 1 aromatic rings. The van der Waals surface area contributed by atoms with E-state index in [0.29, 0.717) is 24.9 Å². The van der Waals surface area contributed by atoms with Crippen LogP contribution in [0.5, 0.6) is 0 Å². The summed E-state index contributed by atoms with van der Waals surface area (Å²) in [5.74, 6) is 0.757. The first-order valence-corrected chi connectivity index (χ1v) is 6.96. The molecule has 0 spiro atoms. The first-order valence-electron chi connectivity index (χ1n) is 6.17. The van der Waals surface area contributed by atoms with Crippen molar-refractivity contribution in [1.29, 1.82) is 0 Å². The topological polar surface area (TPSA) is 52.6 Å². The van der Waals surface area contributed by atoms with E-state index < -0.39 is 6.09 Å². The predicted molar refractivity (Wildman–Crippen MR) is 73.1 cm³/mol. The van der Waals surface area contributed by atoms with Gasteiger partial charge in [-0.15, -0.1) is 0 Å². The second kappa shape index (κ2) is 4.46. The molecule has 1 fully saturated rings. The van der Waals surface area contributed by atoms with Crippen LogP contribution < -0.4 is 5.32 Å². The molecule has 2 atom stereocenters. The van der Waals surface area contributed by atoms with Crippen molar-refractivity contribution in [3.05, 3.63) is 28.2 Å². The highest BCUT2D eigenvalue weighted by atomic mass is 79.9. The summed E-state index contributed by atoms with van der Waals surface area (Å²) in [6.45, 7) is 2.18. The number of benzene rings is 1. The van der Waals surface area contributed by atoms with Crippen LogP contribution >= 0.6 is 15.9 Å². The molecule has 2 aliphatic rings. The minimum atomic E-state index is -0.799. The zero-order valence-electron chi connectivity index (χ0n) is 9.90. The maximum absolute atomic E-state index is 11.1. The quantitative estimate of drug-likeness (QED) is 0.774. The Labute approximate surface area is 114 Å². The average molecular weight is 311 g/mol. The van der Waals surface area contributed by atoms with Gasteiger partial charge < -0.3 is 15.3 Å². The van der Waals surface area contributed by atoms with E-state index in [2.05, 4.69) is 27.3 Å². The molecule has 1 saturated heterocycles. The molecule has 2 N–H and O–H groups in total. The lowest BCUT2D eigenvalue weighted by Crippen LogP contribution is -2.27. The van der Waals surface area contributed by atoms with E-state index in [1.807, 2.05) is 12.1 Å². The van der Waals surface area contributed by atoms with Gasteiger partial charge in [0.15, 0.2) is 0 Å². The Hall–Kier alpha value is -1.23. The number of carbonyl (C=O) groups is 1. The van der Waals surface area contributed by atoms with E-state index in [1.165, 1.54) is 5.56 Å². The van der Waals surface area contributed by atoms with E-state index in [-0.39, 0.29) is 0 Å². The number of carboxylic acid groups (broad SMARTS) is 1. The second-order valence-electron chi connectivity index (χ2n) is 4.97. The number of anilines is 1. The third-order valence-electron chi connectivity index (χ3n) is 3.97. The normalized spacial score (nSPS) is 25.9. The van der Waals surface area contributed by atoms with Gasteiger partial charge in [0.05, 0.1) is 5.69 Å². The number of hydrogen-bond donors (Lipinski definition) is 2. The SMILES string of the molecule is O=C(O)N1C[C@H]2CCNc3c(Br)cccc3[C@@H]2C1. The van der Waals surface area contributed by atoms with Crippen LogP contribution in [0.4, 0.5) is 10.5 Å². The summed E-state index contributed by atoms with van der Waals surface area (Å²) in [7, 11) is 0. The van der Waals surface area contributed by atoms with Gasteiger partial charge in [-0.1, -0.05) is 12.1 Å². The fraction of sp³-hybridized carbons (Fsp3) is 0.462. The predicted octanol–water partition coefficient (Wildman–Crippen LogP) is 2.96. The molecule has 0 radical (unpaired) electrons. The summed E-state index contributed by atoms with van der Waals surface area (Å²) in [6, 6.07) is 6.16. The molecule has 2 aliphatic heterocycles. The highest BCUT2D eigenvalue weighted by Crippen LogP contribution is 2.42. The third kappa shape index (κ3) is 1.86. The molecular weight excluding hydrogens is 296 g/mol. The smallest absolute Gasteiger partial charge is 0.407 e. The van der Waals surface area contributed by atoms with Crippen molar-refractivity contribution in [2.24, 2.45) is 5.92 Å². The summed E-state index contributed by atoms with van der Waals surface area (Å²) < 4.78 is 1.06. The van der Waals surface area contributed by atoms with Gasteiger partial charge >= 0.3 is 6.09 Å². The summed E-state index contributed by atoms with van der Waals surface area (Å²) in [5.41, 5.74) is 2.38. The van der Waals surface area contributed by atoms with E-state index in [9.17, 15) is 4.79 Å². The maximum atomic E-state index is 11.1. The first kappa shape index (κ1) is 11.8. The van der Waals surface area contributed by atoms with E-state index in [4.69, 9.17) is 5.11 Å². The molecule has 18 heavy (non-hydrogen) atoms. The number of nitrogens with one attached hydrogen (secondary N) is 1. The number of para-hydroxylation sites is 1. The van der Waals surface area contributed by atoms with E-state index in [1.54, 1.807) is 4.90 Å². The fourth-order valence-electron chi connectivity index (χ4n) is 3.09. The minimum Gasteiger partial charge on any atom is -0.465 e. The number of hydrogen-bond acceptors (Lipinski definition) is 2. The van der Waals surface area contributed by atoms with Crippen LogP contribution in [-0.2, 0) is 0 Å². The molecule has 0 bridgehead atoms. The molecule has 96 valence electrons. The molecule has 3 rings (SSSR count). The number of amides is 1. The van der Waals surface area contributed by atoms with Crippen molar-refractivity contribution in [3.8, 4) is 0 Å². The lowest BCUT2D eigenvalue weighted by Gasteiger charge is -2.17. The number of fused-ring (bicyclic) bond motifs is 3. The second-order valence-corrected chi connectivity index (χ2v) is 5.83. The van der Waals surface area contributed by atoms with E-state index >= 15 is 0 Å². The Morgan fingerprint density at radius 3 is 3.06 bits per heavy atom. The van der Waals surface area contributed by atoms with Gasteiger partial charge in [0.25, 0.3) is 0 Å². The van der Waals surface area contributed by atoms with Crippen LogP contribution in [0.3, 0.4) is 0 Å². The third-order valence-corrected chi connectivity index (χ3v) is 4.63.